The fraction of sp³-hybridized carbons (Fsp3) is 0.300. The third kappa shape index (κ3) is 4.63. The van der Waals surface area contributed by atoms with Gasteiger partial charge in [-0.3, -0.25) is 4.79 Å². The summed E-state index contributed by atoms with van der Waals surface area (Å²) in [6.07, 6.45) is 2.05. The summed E-state index contributed by atoms with van der Waals surface area (Å²) in [5.41, 5.74) is 2.75. The van der Waals surface area contributed by atoms with Crippen molar-refractivity contribution in [3.05, 3.63) is 65.2 Å². The van der Waals surface area contributed by atoms with E-state index in [-0.39, 0.29) is 5.91 Å². The Bertz CT molecular complexity index is 728. The Balaban J connectivity index is 2.33. The van der Waals surface area contributed by atoms with E-state index in [0.717, 1.165) is 5.75 Å². The topological polar surface area (TPSA) is 46.6 Å². The Morgan fingerprint density at radius 1 is 1.04 bits per heavy atom. The number of amides is 1. The van der Waals surface area contributed by atoms with Crippen molar-refractivity contribution in [2.75, 3.05) is 24.3 Å². The molecule has 25 heavy (non-hydrogen) atoms. The van der Waals surface area contributed by atoms with Crippen LogP contribution in [0.2, 0.25) is 0 Å². The summed E-state index contributed by atoms with van der Waals surface area (Å²) in [6, 6.07) is 14.7. The maximum atomic E-state index is 12.9. The summed E-state index contributed by atoms with van der Waals surface area (Å²) < 4.78 is 5.11. The number of esters is 1. The molecule has 0 bridgehead atoms. The van der Waals surface area contributed by atoms with Gasteiger partial charge in [0.15, 0.2) is 0 Å². The molecule has 0 radical (unpaired) electrons. The van der Waals surface area contributed by atoms with Crippen LogP contribution in [0.1, 0.15) is 40.1 Å². The first kappa shape index (κ1) is 19.1. The van der Waals surface area contributed by atoms with E-state index >= 15 is 0 Å². The highest BCUT2D eigenvalue weighted by molar-refractivity contribution is 7.97. The number of benzene rings is 2. The molecule has 0 heterocycles. The lowest BCUT2D eigenvalue weighted by Gasteiger charge is -2.23. The van der Waals surface area contributed by atoms with Gasteiger partial charge in [-0.2, -0.15) is 11.8 Å². The van der Waals surface area contributed by atoms with Gasteiger partial charge < -0.3 is 9.64 Å². The normalized spacial score (nSPS) is 10.4. The fourth-order valence-corrected chi connectivity index (χ4v) is 3.11. The van der Waals surface area contributed by atoms with Crippen LogP contribution in [-0.4, -0.2) is 31.3 Å². The third-order valence-electron chi connectivity index (χ3n) is 3.76. The Labute approximate surface area is 153 Å². The Hall–Kier alpha value is -2.27. The smallest absolute Gasteiger partial charge is 0.340 e. The van der Waals surface area contributed by atoms with Gasteiger partial charge in [-0.1, -0.05) is 24.3 Å². The van der Waals surface area contributed by atoms with Crippen LogP contribution in [-0.2, 0) is 10.5 Å². The second-order valence-electron chi connectivity index (χ2n) is 5.42. The summed E-state index contributed by atoms with van der Waals surface area (Å²) in [7, 11) is 0. The van der Waals surface area contributed by atoms with E-state index in [4.69, 9.17) is 4.74 Å². The van der Waals surface area contributed by atoms with Gasteiger partial charge in [-0.25, -0.2) is 4.79 Å². The molecule has 0 aliphatic rings. The van der Waals surface area contributed by atoms with Crippen LogP contribution in [0.3, 0.4) is 0 Å². The molecule has 1 amide bonds. The van der Waals surface area contributed by atoms with Gasteiger partial charge in [0.25, 0.3) is 5.91 Å². The standard InChI is InChI=1S/C20H23NO3S/c1-4-21(18-9-7-6-8-17(18)20(23)24-5-2)19(22)16-12-10-15(11-13-16)14-25-3/h6-13H,4-5,14H2,1-3H3. The van der Waals surface area contributed by atoms with Crippen molar-refractivity contribution in [2.24, 2.45) is 0 Å². The van der Waals surface area contributed by atoms with Crippen LogP contribution in [0.4, 0.5) is 5.69 Å². The number of nitrogens with zero attached hydrogens (tertiary/aromatic N) is 1. The number of rotatable bonds is 7. The molecule has 0 atom stereocenters. The predicted octanol–water partition coefficient (Wildman–Crippen LogP) is 4.39. The first-order valence-electron chi connectivity index (χ1n) is 8.28. The molecule has 2 aromatic rings. The number of ether oxygens (including phenoxy) is 1. The second-order valence-corrected chi connectivity index (χ2v) is 6.28. The molecular formula is C20H23NO3S. The van der Waals surface area contributed by atoms with E-state index in [2.05, 4.69) is 0 Å². The molecule has 0 unspecified atom stereocenters. The number of thioether (sulfide) groups is 1. The van der Waals surface area contributed by atoms with Crippen molar-refractivity contribution < 1.29 is 14.3 Å². The van der Waals surface area contributed by atoms with E-state index in [1.165, 1.54) is 5.56 Å². The predicted molar refractivity (Wildman–Crippen MR) is 103 cm³/mol. The van der Waals surface area contributed by atoms with Crippen molar-refractivity contribution in [3.63, 3.8) is 0 Å². The number of hydrogen-bond donors (Lipinski definition) is 0. The summed E-state index contributed by atoms with van der Waals surface area (Å²) in [6.45, 7) is 4.41. The largest absolute Gasteiger partial charge is 0.462 e. The van der Waals surface area contributed by atoms with Crippen molar-refractivity contribution in [2.45, 2.75) is 19.6 Å². The zero-order chi connectivity index (χ0) is 18.2. The van der Waals surface area contributed by atoms with Gasteiger partial charge in [0.05, 0.1) is 17.9 Å². The van der Waals surface area contributed by atoms with Crippen LogP contribution in [0.15, 0.2) is 48.5 Å². The SMILES string of the molecule is CCOC(=O)c1ccccc1N(CC)C(=O)c1ccc(CSC)cc1. The minimum absolute atomic E-state index is 0.130. The van der Waals surface area contributed by atoms with E-state index in [0.29, 0.717) is 30.0 Å². The molecule has 0 aromatic heterocycles. The van der Waals surface area contributed by atoms with Gasteiger partial charge in [0.1, 0.15) is 0 Å². The lowest BCUT2D eigenvalue weighted by molar-refractivity contribution is 0.0527. The first-order chi connectivity index (χ1) is 12.1. The highest BCUT2D eigenvalue weighted by Gasteiger charge is 2.22. The summed E-state index contributed by atoms with van der Waals surface area (Å²) >= 11 is 1.74. The fourth-order valence-electron chi connectivity index (χ4n) is 2.58. The lowest BCUT2D eigenvalue weighted by atomic mass is 10.1. The molecule has 0 saturated heterocycles. The molecule has 132 valence electrons. The van der Waals surface area contributed by atoms with Crippen molar-refractivity contribution in [1.29, 1.82) is 0 Å². The average Bonchev–Trinajstić information content (AvgIpc) is 2.64. The zero-order valence-corrected chi connectivity index (χ0v) is 15.6. The van der Waals surface area contributed by atoms with Crippen LogP contribution < -0.4 is 4.90 Å². The summed E-state index contributed by atoms with van der Waals surface area (Å²) in [5.74, 6) is 0.368. The summed E-state index contributed by atoms with van der Waals surface area (Å²) in [4.78, 5) is 26.8. The van der Waals surface area contributed by atoms with Crippen LogP contribution >= 0.6 is 11.8 Å². The first-order valence-corrected chi connectivity index (χ1v) is 9.67. The second kappa shape index (κ2) is 9.28. The number of anilines is 1. The highest BCUT2D eigenvalue weighted by Crippen LogP contribution is 2.23. The molecule has 4 nitrogen and oxygen atoms in total. The molecule has 2 aromatic carbocycles. The van der Waals surface area contributed by atoms with Crippen molar-refractivity contribution in [3.8, 4) is 0 Å². The van der Waals surface area contributed by atoms with Gasteiger partial charge >= 0.3 is 5.97 Å². The number of carbonyl (C=O) groups excluding carboxylic acids is 2. The Morgan fingerprint density at radius 3 is 2.32 bits per heavy atom. The van der Waals surface area contributed by atoms with Gasteiger partial charge in [-0.05, 0) is 49.9 Å². The van der Waals surface area contributed by atoms with Crippen molar-refractivity contribution in [1.82, 2.24) is 0 Å². The molecule has 0 spiro atoms. The molecule has 2 rings (SSSR count). The average molecular weight is 357 g/mol. The maximum Gasteiger partial charge on any atom is 0.340 e. The van der Waals surface area contributed by atoms with E-state index in [9.17, 15) is 9.59 Å². The molecule has 0 fully saturated rings. The van der Waals surface area contributed by atoms with Gasteiger partial charge in [0.2, 0.25) is 0 Å². The van der Waals surface area contributed by atoms with Crippen LogP contribution in [0.5, 0.6) is 0 Å². The monoisotopic (exact) mass is 357 g/mol. The zero-order valence-electron chi connectivity index (χ0n) is 14.8. The molecule has 0 aliphatic heterocycles. The molecule has 0 saturated carbocycles. The number of carbonyl (C=O) groups is 2. The maximum absolute atomic E-state index is 12.9. The molecule has 0 aliphatic carbocycles. The third-order valence-corrected chi connectivity index (χ3v) is 4.39. The van der Waals surface area contributed by atoms with E-state index < -0.39 is 5.97 Å². The van der Waals surface area contributed by atoms with Gasteiger partial charge in [-0.15, -0.1) is 0 Å². The molecule has 5 heteroatoms. The minimum Gasteiger partial charge on any atom is -0.462 e. The minimum atomic E-state index is -0.417. The number of para-hydroxylation sites is 1. The van der Waals surface area contributed by atoms with E-state index in [1.54, 1.807) is 41.8 Å². The lowest BCUT2D eigenvalue weighted by Crippen LogP contribution is -2.32. The van der Waals surface area contributed by atoms with Crippen molar-refractivity contribution >= 4 is 29.3 Å². The number of hydrogen-bond acceptors (Lipinski definition) is 4. The highest BCUT2D eigenvalue weighted by atomic mass is 32.2. The van der Waals surface area contributed by atoms with Crippen LogP contribution in [0, 0.1) is 0 Å². The van der Waals surface area contributed by atoms with E-state index in [1.807, 2.05) is 43.5 Å². The quantitative estimate of drug-likeness (QED) is 0.689. The Kier molecular flexibility index (Phi) is 7.07. The molecular weight excluding hydrogens is 334 g/mol. The van der Waals surface area contributed by atoms with Gasteiger partial charge in [0, 0.05) is 17.9 Å². The van der Waals surface area contributed by atoms with Crippen LogP contribution in [0.25, 0.3) is 0 Å². The Morgan fingerprint density at radius 2 is 1.72 bits per heavy atom. The summed E-state index contributed by atoms with van der Waals surface area (Å²) in [5, 5.41) is 0. The molecule has 0 N–H and O–H groups in total.